The molecule has 0 bridgehead atoms. The molecule has 7 heteroatoms. The number of likely N-dealkylation sites (tertiary alicyclic amines) is 1. The molecule has 1 unspecified atom stereocenters. The smallest absolute Gasteiger partial charge is 0.295 e. The Hall–Kier alpha value is -3.45. The molecule has 4 rings (SSSR count). The summed E-state index contributed by atoms with van der Waals surface area (Å²) in [5.41, 5.74) is 1.15. The molecule has 5 nitrogen and oxygen atoms in total. The number of carbonyl (C=O) groups is 2. The number of ether oxygens (including phenoxy) is 1. The number of thiophene rings is 1. The predicted octanol–water partition coefficient (Wildman–Crippen LogP) is 4.91. The largest absolute Gasteiger partial charge is 0.507 e. The van der Waals surface area contributed by atoms with Gasteiger partial charge in [-0.2, -0.15) is 0 Å². The van der Waals surface area contributed by atoms with E-state index in [2.05, 4.69) is 0 Å². The summed E-state index contributed by atoms with van der Waals surface area (Å²) in [4.78, 5) is 28.0. The van der Waals surface area contributed by atoms with Gasteiger partial charge in [-0.05, 0) is 60.3 Å². The Morgan fingerprint density at radius 2 is 1.81 bits per heavy atom. The maximum Gasteiger partial charge on any atom is 0.295 e. The van der Waals surface area contributed by atoms with Crippen LogP contribution in [0.1, 0.15) is 29.0 Å². The van der Waals surface area contributed by atoms with Crippen molar-refractivity contribution in [1.29, 1.82) is 0 Å². The van der Waals surface area contributed by atoms with Crippen molar-refractivity contribution in [1.82, 2.24) is 4.90 Å². The Bertz CT molecular complexity index is 1120. The number of hydrogen-bond acceptors (Lipinski definition) is 5. The number of Topliss-reactive ketones (excluding diaryl/α,β-unsaturated/α-hetero) is 1. The highest BCUT2D eigenvalue weighted by Crippen LogP contribution is 2.42. The van der Waals surface area contributed by atoms with Crippen LogP contribution in [-0.2, 0) is 16.1 Å². The zero-order valence-electron chi connectivity index (χ0n) is 16.7. The van der Waals surface area contributed by atoms with Gasteiger partial charge in [-0.1, -0.05) is 18.2 Å². The molecule has 1 aromatic heterocycles. The first-order valence-electron chi connectivity index (χ1n) is 9.79. The molecule has 1 fully saturated rings. The molecule has 2 heterocycles. The Kier molecular flexibility index (Phi) is 5.86. The van der Waals surface area contributed by atoms with E-state index in [0.29, 0.717) is 23.5 Å². The summed E-state index contributed by atoms with van der Waals surface area (Å²) >= 11 is 1.40. The fraction of sp³-hybridized carbons (Fsp3) is 0.167. The van der Waals surface area contributed by atoms with Crippen LogP contribution in [0.2, 0.25) is 0 Å². The van der Waals surface area contributed by atoms with Crippen molar-refractivity contribution in [3.8, 4) is 5.75 Å². The number of carbonyl (C=O) groups excluding carboxylic acids is 2. The molecule has 1 saturated heterocycles. The quantitative estimate of drug-likeness (QED) is 0.338. The number of hydrogen-bond donors (Lipinski definition) is 1. The van der Waals surface area contributed by atoms with Crippen LogP contribution in [0, 0.1) is 5.82 Å². The van der Waals surface area contributed by atoms with E-state index in [0.717, 1.165) is 4.88 Å². The van der Waals surface area contributed by atoms with E-state index in [9.17, 15) is 19.1 Å². The van der Waals surface area contributed by atoms with Crippen molar-refractivity contribution in [2.45, 2.75) is 19.5 Å². The lowest BCUT2D eigenvalue weighted by atomic mass is 9.99. The fourth-order valence-corrected chi connectivity index (χ4v) is 4.45. The van der Waals surface area contributed by atoms with Gasteiger partial charge < -0.3 is 14.7 Å². The highest BCUT2D eigenvalue weighted by molar-refractivity contribution is 7.10. The van der Waals surface area contributed by atoms with Gasteiger partial charge in [-0.3, -0.25) is 9.59 Å². The summed E-state index contributed by atoms with van der Waals surface area (Å²) in [5, 5.41) is 12.9. The molecule has 1 atom stereocenters. The number of aliphatic hydroxyl groups excluding tert-OH is 1. The minimum atomic E-state index is -0.744. The van der Waals surface area contributed by atoms with Gasteiger partial charge in [-0.15, -0.1) is 11.3 Å². The predicted molar refractivity (Wildman–Crippen MR) is 116 cm³/mol. The van der Waals surface area contributed by atoms with E-state index in [1.807, 2.05) is 24.4 Å². The number of benzene rings is 2. The number of ketones is 1. The van der Waals surface area contributed by atoms with Crippen molar-refractivity contribution >= 4 is 28.8 Å². The summed E-state index contributed by atoms with van der Waals surface area (Å²) in [6.07, 6.45) is 0. The van der Waals surface area contributed by atoms with E-state index in [-0.39, 0.29) is 23.7 Å². The third-order valence-electron chi connectivity index (χ3n) is 5.06. The van der Waals surface area contributed by atoms with E-state index in [1.54, 1.807) is 36.4 Å². The first-order chi connectivity index (χ1) is 15.0. The van der Waals surface area contributed by atoms with Crippen LogP contribution in [0.4, 0.5) is 4.39 Å². The molecule has 1 N–H and O–H groups in total. The molecule has 31 heavy (non-hydrogen) atoms. The number of halogens is 1. The molecule has 2 aromatic carbocycles. The maximum atomic E-state index is 13.3. The number of amides is 1. The Morgan fingerprint density at radius 1 is 1.10 bits per heavy atom. The van der Waals surface area contributed by atoms with Gasteiger partial charge in [0.2, 0.25) is 0 Å². The first kappa shape index (κ1) is 20.8. The molecule has 0 saturated carbocycles. The van der Waals surface area contributed by atoms with Crippen molar-refractivity contribution in [2.24, 2.45) is 0 Å². The van der Waals surface area contributed by atoms with Crippen LogP contribution < -0.4 is 4.74 Å². The van der Waals surface area contributed by atoms with E-state index >= 15 is 0 Å². The SMILES string of the molecule is CCOc1ccc(/C(O)=C2/C(=O)C(=O)N(Cc3ccc(F)cc3)C2c2cccs2)cc1. The van der Waals surface area contributed by atoms with Crippen molar-refractivity contribution < 1.29 is 23.8 Å². The molecule has 3 aromatic rings. The molecule has 1 amide bonds. The molecule has 1 aliphatic heterocycles. The Labute approximate surface area is 183 Å². The topological polar surface area (TPSA) is 66.8 Å². The zero-order valence-corrected chi connectivity index (χ0v) is 17.6. The van der Waals surface area contributed by atoms with Crippen molar-refractivity contribution in [2.75, 3.05) is 6.61 Å². The third kappa shape index (κ3) is 4.09. The standard InChI is InChI=1S/C24H20FNO4S/c1-2-30-18-11-7-16(8-12-18)22(27)20-21(19-4-3-13-31-19)26(24(29)23(20)28)14-15-5-9-17(25)10-6-15/h3-13,21,27H,2,14H2,1H3/b22-20-. The number of nitrogens with zero attached hydrogens (tertiary/aromatic N) is 1. The highest BCUT2D eigenvalue weighted by Gasteiger charge is 2.46. The first-order valence-corrected chi connectivity index (χ1v) is 10.7. The van der Waals surface area contributed by atoms with Crippen LogP contribution in [-0.4, -0.2) is 28.3 Å². The lowest BCUT2D eigenvalue weighted by molar-refractivity contribution is -0.140. The summed E-state index contributed by atoms with van der Waals surface area (Å²) in [6.45, 7) is 2.50. The maximum absolute atomic E-state index is 13.3. The zero-order chi connectivity index (χ0) is 22.0. The minimum Gasteiger partial charge on any atom is -0.507 e. The van der Waals surface area contributed by atoms with Crippen LogP contribution in [0.15, 0.2) is 71.6 Å². The minimum absolute atomic E-state index is 0.0405. The molecule has 0 aliphatic carbocycles. The van der Waals surface area contributed by atoms with Crippen LogP contribution in [0.5, 0.6) is 5.75 Å². The molecule has 1 aliphatic rings. The summed E-state index contributed by atoms with van der Waals surface area (Å²) in [5.74, 6) is -1.41. The summed E-state index contributed by atoms with van der Waals surface area (Å²) in [6, 6.07) is 15.4. The second kappa shape index (κ2) is 8.73. The van der Waals surface area contributed by atoms with Gasteiger partial charge in [-0.25, -0.2) is 4.39 Å². The lowest BCUT2D eigenvalue weighted by Crippen LogP contribution is -2.28. The number of rotatable bonds is 6. The van der Waals surface area contributed by atoms with Crippen LogP contribution in [0.3, 0.4) is 0 Å². The molecular formula is C24H20FNO4S. The van der Waals surface area contributed by atoms with Gasteiger partial charge in [0.15, 0.2) is 0 Å². The van der Waals surface area contributed by atoms with Gasteiger partial charge in [0.1, 0.15) is 17.3 Å². The fourth-order valence-electron chi connectivity index (χ4n) is 3.60. The Balaban J connectivity index is 1.76. The van der Waals surface area contributed by atoms with E-state index in [4.69, 9.17) is 4.74 Å². The summed E-state index contributed by atoms with van der Waals surface area (Å²) in [7, 11) is 0. The second-order valence-electron chi connectivity index (χ2n) is 7.03. The van der Waals surface area contributed by atoms with Gasteiger partial charge in [0, 0.05) is 17.0 Å². The Morgan fingerprint density at radius 3 is 2.42 bits per heavy atom. The molecule has 0 spiro atoms. The molecule has 158 valence electrons. The van der Waals surface area contributed by atoms with Crippen LogP contribution >= 0.6 is 11.3 Å². The second-order valence-corrected chi connectivity index (χ2v) is 8.01. The van der Waals surface area contributed by atoms with E-state index < -0.39 is 17.7 Å². The summed E-state index contributed by atoms with van der Waals surface area (Å²) < 4.78 is 18.7. The van der Waals surface area contributed by atoms with Crippen LogP contribution in [0.25, 0.3) is 5.76 Å². The van der Waals surface area contributed by atoms with Gasteiger partial charge in [0.25, 0.3) is 11.7 Å². The lowest BCUT2D eigenvalue weighted by Gasteiger charge is -2.24. The van der Waals surface area contributed by atoms with Crippen molar-refractivity contribution in [3.63, 3.8) is 0 Å². The van der Waals surface area contributed by atoms with Crippen molar-refractivity contribution in [3.05, 3.63) is 93.4 Å². The van der Waals surface area contributed by atoms with Gasteiger partial charge >= 0.3 is 0 Å². The molecule has 0 radical (unpaired) electrons. The average Bonchev–Trinajstić information content (AvgIpc) is 3.38. The third-order valence-corrected chi connectivity index (χ3v) is 5.98. The average molecular weight is 437 g/mol. The normalized spacial score (nSPS) is 17.9. The highest BCUT2D eigenvalue weighted by atomic mass is 32.1. The van der Waals surface area contributed by atoms with Gasteiger partial charge in [0.05, 0.1) is 18.2 Å². The number of aliphatic hydroxyl groups is 1. The molecular weight excluding hydrogens is 417 g/mol. The monoisotopic (exact) mass is 437 g/mol. The van der Waals surface area contributed by atoms with E-state index in [1.165, 1.54) is 28.4 Å².